The standard InChI is InChI=1S/C11H18N2O4/c1-7(2)11(14)17-6-10(13-15)5-16-9(4)8(3)12/h8,10H,1,4-6,12H2,2-3H3. The van der Waals surface area contributed by atoms with Crippen molar-refractivity contribution in [2.75, 3.05) is 13.2 Å². The van der Waals surface area contributed by atoms with Gasteiger partial charge in [0.2, 0.25) is 0 Å². The average molecular weight is 242 g/mol. The zero-order chi connectivity index (χ0) is 13.4. The van der Waals surface area contributed by atoms with Crippen molar-refractivity contribution in [1.82, 2.24) is 0 Å². The topological polar surface area (TPSA) is 91.0 Å². The number of carbonyl (C=O) groups is 1. The summed E-state index contributed by atoms with van der Waals surface area (Å²) in [6.07, 6.45) is 0. The fraction of sp³-hybridized carbons (Fsp3) is 0.545. The fourth-order valence-corrected chi connectivity index (χ4v) is 0.739. The molecular weight excluding hydrogens is 224 g/mol. The molecule has 0 rings (SSSR count). The molecule has 0 aromatic heterocycles. The highest BCUT2D eigenvalue weighted by Gasteiger charge is 2.14. The van der Waals surface area contributed by atoms with Crippen molar-refractivity contribution in [3.05, 3.63) is 29.4 Å². The van der Waals surface area contributed by atoms with Gasteiger partial charge in [-0.15, -0.1) is 0 Å². The molecule has 0 fully saturated rings. The van der Waals surface area contributed by atoms with Crippen LogP contribution in [0.5, 0.6) is 0 Å². The first-order valence-electron chi connectivity index (χ1n) is 5.10. The second-order valence-electron chi connectivity index (χ2n) is 3.70. The Morgan fingerprint density at radius 1 is 1.35 bits per heavy atom. The van der Waals surface area contributed by atoms with Crippen molar-refractivity contribution >= 4 is 5.97 Å². The van der Waals surface area contributed by atoms with E-state index in [9.17, 15) is 9.70 Å². The van der Waals surface area contributed by atoms with E-state index in [1.807, 2.05) is 0 Å². The maximum atomic E-state index is 11.1. The monoisotopic (exact) mass is 242 g/mol. The van der Waals surface area contributed by atoms with E-state index in [2.05, 4.69) is 18.3 Å². The van der Waals surface area contributed by atoms with Crippen molar-refractivity contribution in [1.29, 1.82) is 0 Å². The Morgan fingerprint density at radius 2 is 1.88 bits per heavy atom. The van der Waals surface area contributed by atoms with Crippen LogP contribution in [0.3, 0.4) is 0 Å². The number of hydrogen-bond acceptors (Lipinski definition) is 6. The predicted octanol–water partition coefficient (Wildman–Crippen LogP) is 1.12. The molecule has 2 N–H and O–H groups in total. The SMILES string of the molecule is C=C(C)C(=O)OCC(COC(=C)C(C)N)N=O. The van der Waals surface area contributed by atoms with Gasteiger partial charge in [-0.25, -0.2) is 4.79 Å². The Labute approximate surface area is 100 Å². The highest BCUT2D eigenvalue weighted by atomic mass is 16.5. The van der Waals surface area contributed by atoms with Gasteiger partial charge < -0.3 is 15.2 Å². The smallest absolute Gasteiger partial charge is 0.333 e. The van der Waals surface area contributed by atoms with Crippen LogP contribution in [0.2, 0.25) is 0 Å². The molecule has 17 heavy (non-hydrogen) atoms. The second kappa shape index (κ2) is 7.56. The van der Waals surface area contributed by atoms with E-state index in [0.717, 1.165) is 0 Å². The zero-order valence-corrected chi connectivity index (χ0v) is 10.1. The molecule has 0 aromatic rings. The van der Waals surface area contributed by atoms with Crippen molar-refractivity contribution < 1.29 is 14.3 Å². The maximum Gasteiger partial charge on any atom is 0.333 e. The van der Waals surface area contributed by atoms with Crippen LogP contribution in [0.25, 0.3) is 0 Å². The maximum absolute atomic E-state index is 11.1. The number of carbonyl (C=O) groups excluding carboxylic acids is 1. The molecule has 0 amide bonds. The summed E-state index contributed by atoms with van der Waals surface area (Å²) in [5.41, 5.74) is 5.76. The summed E-state index contributed by atoms with van der Waals surface area (Å²) < 4.78 is 9.90. The minimum absolute atomic E-state index is 0.0205. The van der Waals surface area contributed by atoms with Crippen molar-refractivity contribution in [3.63, 3.8) is 0 Å². The van der Waals surface area contributed by atoms with Crippen LogP contribution in [0.15, 0.2) is 29.7 Å². The van der Waals surface area contributed by atoms with Crippen molar-refractivity contribution in [3.8, 4) is 0 Å². The summed E-state index contributed by atoms with van der Waals surface area (Å²) in [5.74, 6) is -0.213. The Bertz CT molecular complexity index is 313. The average Bonchev–Trinajstić information content (AvgIpc) is 2.28. The van der Waals surface area contributed by atoms with Crippen molar-refractivity contribution in [2.45, 2.75) is 25.9 Å². The molecule has 2 atom stereocenters. The Kier molecular flexibility index (Phi) is 6.81. The molecule has 6 heteroatoms. The third-order valence-corrected chi connectivity index (χ3v) is 1.87. The Morgan fingerprint density at radius 3 is 2.29 bits per heavy atom. The molecule has 96 valence electrons. The number of hydrogen-bond donors (Lipinski definition) is 1. The van der Waals surface area contributed by atoms with Gasteiger partial charge in [0.25, 0.3) is 0 Å². The first-order chi connectivity index (χ1) is 7.88. The molecular formula is C11H18N2O4. The van der Waals surface area contributed by atoms with Gasteiger partial charge in [0.1, 0.15) is 19.0 Å². The van der Waals surface area contributed by atoms with Gasteiger partial charge in [0, 0.05) is 5.57 Å². The van der Waals surface area contributed by atoms with Crippen LogP contribution in [-0.4, -0.2) is 31.3 Å². The Hall–Kier alpha value is -1.69. The van der Waals surface area contributed by atoms with Crippen LogP contribution in [-0.2, 0) is 14.3 Å². The van der Waals surface area contributed by atoms with Crippen LogP contribution < -0.4 is 5.73 Å². The van der Waals surface area contributed by atoms with Gasteiger partial charge >= 0.3 is 5.97 Å². The molecule has 0 spiro atoms. The molecule has 0 aliphatic heterocycles. The quantitative estimate of drug-likeness (QED) is 0.298. The van der Waals surface area contributed by atoms with Crippen molar-refractivity contribution in [2.24, 2.45) is 10.9 Å². The number of ether oxygens (including phenoxy) is 2. The number of esters is 1. The van der Waals surface area contributed by atoms with E-state index >= 15 is 0 Å². The molecule has 0 bridgehead atoms. The van der Waals surface area contributed by atoms with E-state index in [0.29, 0.717) is 5.76 Å². The predicted molar refractivity (Wildman–Crippen MR) is 64.1 cm³/mol. The summed E-state index contributed by atoms with van der Waals surface area (Å²) in [6.45, 7) is 10.0. The molecule has 0 aromatic carbocycles. The summed E-state index contributed by atoms with van der Waals surface area (Å²) in [6, 6.07) is -1.12. The Balaban J connectivity index is 4.01. The van der Waals surface area contributed by atoms with E-state index in [-0.39, 0.29) is 24.8 Å². The fourth-order valence-electron chi connectivity index (χ4n) is 0.739. The molecule has 0 radical (unpaired) electrons. The number of rotatable bonds is 8. The highest BCUT2D eigenvalue weighted by molar-refractivity contribution is 5.86. The lowest BCUT2D eigenvalue weighted by atomic mass is 10.3. The lowest BCUT2D eigenvalue weighted by Gasteiger charge is -2.15. The third kappa shape index (κ3) is 6.47. The van der Waals surface area contributed by atoms with Crippen LogP contribution >= 0.6 is 0 Å². The molecule has 0 aliphatic rings. The van der Waals surface area contributed by atoms with Crippen LogP contribution in [0.4, 0.5) is 0 Å². The van der Waals surface area contributed by atoms with Gasteiger partial charge in [-0.1, -0.05) is 18.3 Å². The number of nitroso groups, excluding NO2 is 1. The third-order valence-electron chi connectivity index (χ3n) is 1.87. The van der Waals surface area contributed by atoms with E-state index in [1.54, 1.807) is 6.92 Å². The van der Waals surface area contributed by atoms with Crippen LogP contribution in [0.1, 0.15) is 13.8 Å². The molecule has 2 unspecified atom stereocenters. The minimum atomic E-state index is -0.784. The van der Waals surface area contributed by atoms with Crippen LogP contribution in [0, 0.1) is 4.91 Å². The van der Waals surface area contributed by atoms with E-state index in [1.165, 1.54) is 6.92 Å². The first-order valence-corrected chi connectivity index (χ1v) is 5.10. The van der Waals surface area contributed by atoms with E-state index in [4.69, 9.17) is 15.2 Å². The molecule has 0 saturated heterocycles. The van der Waals surface area contributed by atoms with Gasteiger partial charge in [-0.3, -0.25) is 0 Å². The van der Waals surface area contributed by atoms with Gasteiger partial charge in [0.05, 0.1) is 6.04 Å². The lowest BCUT2D eigenvalue weighted by molar-refractivity contribution is -0.139. The molecule has 6 nitrogen and oxygen atoms in total. The minimum Gasteiger partial charge on any atom is -0.494 e. The largest absolute Gasteiger partial charge is 0.494 e. The number of nitrogens with two attached hydrogens (primary N) is 1. The van der Waals surface area contributed by atoms with E-state index < -0.39 is 12.0 Å². The summed E-state index contributed by atoms with van der Waals surface area (Å²) in [4.78, 5) is 21.5. The highest BCUT2D eigenvalue weighted by Crippen LogP contribution is 2.03. The summed E-state index contributed by atoms with van der Waals surface area (Å²) in [5, 5.41) is 2.79. The summed E-state index contributed by atoms with van der Waals surface area (Å²) >= 11 is 0. The van der Waals surface area contributed by atoms with Gasteiger partial charge in [-0.05, 0) is 13.8 Å². The molecule has 0 saturated carbocycles. The van der Waals surface area contributed by atoms with Gasteiger partial charge in [0.15, 0.2) is 6.04 Å². The normalized spacial score (nSPS) is 13.4. The first kappa shape index (κ1) is 15.3. The molecule has 0 aliphatic carbocycles. The number of nitrogens with zero attached hydrogens (tertiary/aromatic N) is 1. The molecule has 0 heterocycles. The lowest BCUT2D eigenvalue weighted by Crippen LogP contribution is -2.25. The van der Waals surface area contributed by atoms with Gasteiger partial charge in [-0.2, -0.15) is 4.91 Å². The second-order valence-corrected chi connectivity index (χ2v) is 3.70. The zero-order valence-electron chi connectivity index (χ0n) is 10.1. The summed E-state index contributed by atoms with van der Waals surface area (Å²) in [7, 11) is 0.